The first-order valence-electron chi connectivity index (χ1n) is 5.80. The van der Waals surface area contributed by atoms with Gasteiger partial charge in [-0.25, -0.2) is 0 Å². The topological polar surface area (TPSA) is 50.4 Å². The van der Waals surface area contributed by atoms with Crippen LogP contribution in [0.4, 0.5) is 0 Å². The number of nitrogens with one attached hydrogen (secondary N) is 2. The smallest absolute Gasteiger partial charge is 0.220 e. The molecule has 2 aliphatic rings. The van der Waals surface area contributed by atoms with Crippen LogP contribution in [0.5, 0.6) is 0 Å². The summed E-state index contributed by atoms with van der Waals surface area (Å²) >= 11 is 0. The molecule has 0 radical (unpaired) electrons. The van der Waals surface area contributed by atoms with Crippen molar-refractivity contribution in [3.63, 3.8) is 0 Å². The number of rotatable bonds is 3. The molecule has 2 N–H and O–H groups in total. The summed E-state index contributed by atoms with van der Waals surface area (Å²) in [7, 11) is 0. The van der Waals surface area contributed by atoms with E-state index in [4.69, 9.17) is 4.74 Å². The van der Waals surface area contributed by atoms with Gasteiger partial charge in [-0.05, 0) is 26.2 Å². The van der Waals surface area contributed by atoms with Crippen molar-refractivity contribution in [3.05, 3.63) is 0 Å². The maximum Gasteiger partial charge on any atom is 0.220 e. The molecule has 1 amide bonds. The fraction of sp³-hybridized carbons (Fsp3) is 0.909. The van der Waals surface area contributed by atoms with E-state index >= 15 is 0 Å². The van der Waals surface area contributed by atoms with Gasteiger partial charge in [0.05, 0.1) is 0 Å². The number of carbonyl (C=O) groups is 1. The van der Waals surface area contributed by atoms with Crippen LogP contribution in [0.2, 0.25) is 0 Å². The van der Waals surface area contributed by atoms with Crippen LogP contribution >= 0.6 is 0 Å². The fourth-order valence-electron chi connectivity index (χ4n) is 2.20. The summed E-state index contributed by atoms with van der Waals surface area (Å²) in [5, 5.41) is 6.54. The Kier molecular flexibility index (Phi) is 3.26. The highest BCUT2D eigenvalue weighted by atomic mass is 16.5. The Morgan fingerprint density at radius 3 is 2.87 bits per heavy atom. The highest BCUT2D eigenvalue weighted by Gasteiger charge is 2.29. The average Bonchev–Trinajstić information content (AvgIpc) is 2.63. The van der Waals surface area contributed by atoms with Crippen molar-refractivity contribution in [1.82, 2.24) is 10.6 Å². The van der Waals surface area contributed by atoms with Crippen LogP contribution in [0, 0.1) is 0 Å². The van der Waals surface area contributed by atoms with Crippen molar-refractivity contribution in [2.45, 2.75) is 44.2 Å². The molecule has 4 nitrogen and oxygen atoms in total. The second-order valence-electron chi connectivity index (χ2n) is 4.86. The minimum Gasteiger partial charge on any atom is -0.381 e. The minimum absolute atomic E-state index is 0.193. The van der Waals surface area contributed by atoms with E-state index < -0.39 is 0 Å². The van der Waals surface area contributed by atoms with Crippen LogP contribution in [0.25, 0.3) is 0 Å². The molecule has 15 heavy (non-hydrogen) atoms. The monoisotopic (exact) mass is 212 g/mol. The lowest BCUT2D eigenvalue weighted by Crippen LogP contribution is -2.50. The van der Waals surface area contributed by atoms with Gasteiger partial charge in [-0.2, -0.15) is 0 Å². The molecule has 0 spiro atoms. The van der Waals surface area contributed by atoms with Gasteiger partial charge in [-0.15, -0.1) is 0 Å². The number of amides is 1. The van der Waals surface area contributed by atoms with E-state index in [0.29, 0.717) is 12.5 Å². The average molecular weight is 212 g/mol. The van der Waals surface area contributed by atoms with Gasteiger partial charge >= 0.3 is 0 Å². The molecule has 4 heteroatoms. The summed E-state index contributed by atoms with van der Waals surface area (Å²) in [6.45, 7) is 4.83. The van der Waals surface area contributed by atoms with E-state index in [1.54, 1.807) is 0 Å². The molecule has 2 aliphatic heterocycles. The Labute approximate surface area is 90.8 Å². The molecule has 0 aromatic rings. The predicted octanol–water partition coefficient (Wildman–Crippen LogP) is 0.424. The van der Waals surface area contributed by atoms with Gasteiger partial charge in [0.2, 0.25) is 5.91 Å². The van der Waals surface area contributed by atoms with Crippen LogP contribution in [-0.4, -0.2) is 37.2 Å². The van der Waals surface area contributed by atoms with E-state index in [0.717, 1.165) is 39.0 Å². The van der Waals surface area contributed by atoms with E-state index in [1.165, 1.54) is 0 Å². The zero-order valence-electron chi connectivity index (χ0n) is 9.34. The van der Waals surface area contributed by atoms with Crippen molar-refractivity contribution in [1.29, 1.82) is 0 Å². The molecule has 0 aliphatic carbocycles. The summed E-state index contributed by atoms with van der Waals surface area (Å²) < 4.78 is 5.34. The molecular formula is C11H20N2O2. The van der Waals surface area contributed by atoms with Gasteiger partial charge in [-0.1, -0.05) is 0 Å². The molecule has 0 aromatic heterocycles. The molecule has 2 rings (SSSR count). The Hall–Kier alpha value is -0.610. The molecule has 1 unspecified atom stereocenters. The van der Waals surface area contributed by atoms with Gasteiger partial charge in [0.15, 0.2) is 0 Å². The summed E-state index contributed by atoms with van der Waals surface area (Å²) in [5.41, 5.74) is 0.200. The third-order valence-corrected chi connectivity index (χ3v) is 3.46. The number of hydrogen-bond acceptors (Lipinski definition) is 3. The summed E-state index contributed by atoms with van der Waals surface area (Å²) in [4.78, 5) is 11.0. The number of ether oxygens (including phenoxy) is 1. The second-order valence-corrected chi connectivity index (χ2v) is 4.86. The first-order chi connectivity index (χ1) is 7.18. The quantitative estimate of drug-likeness (QED) is 0.713. The van der Waals surface area contributed by atoms with Crippen LogP contribution in [-0.2, 0) is 9.53 Å². The molecule has 2 heterocycles. The van der Waals surface area contributed by atoms with Gasteiger partial charge in [0.25, 0.3) is 0 Å². The van der Waals surface area contributed by atoms with Crippen molar-refractivity contribution in [2.75, 3.05) is 19.8 Å². The summed E-state index contributed by atoms with van der Waals surface area (Å²) in [6.07, 6.45) is 3.78. The van der Waals surface area contributed by atoms with Crippen molar-refractivity contribution >= 4 is 5.91 Å². The molecule has 0 aromatic carbocycles. The van der Waals surface area contributed by atoms with Crippen LogP contribution in [0.3, 0.4) is 0 Å². The molecular weight excluding hydrogens is 192 g/mol. The Balaban J connectivity index is 1.74. The van der Waals surface area contributed by atoms with E-state index in [2.05, 4.69) is 17.6 Å². The molecule has 86 valence electrons. The van der Waals surface area contributed by atoms with Gasteiger partial charge in [-0.3, -0.25) is 4.79 Å². The van der Waals surface area contributed by atoms with Crippen LogP contribution in [0.1, 0.15) is 32.6 Å². The largest absolute Gasteiger partial charge is 0.381 e. The predicted molar refractivity (Wildman–Crippen MR) is 57.6 cm³/mol. The maximum atomic E-state index is 11.0. The molecule has 2 fully saturated rings. The standard InChI is InChI=1S/C11H20N2O2/c1-11(4-6-15-7-5-11)12-8-9-2-3-10(14)13-9/h9,12H,2-8H2,1H3,(H,13,14). The third kappa shape index (κ3) is 2.92. The summed E-state index contributed by atoms with van der Waals surface area (Å²) in [5.74, 6) is 0.193. The second kappa shape index (κ2) is 4.49. The molecule has 0 saturated carbocycles. The fourth-order valence-corrected chi connectivity index (χ4v) is 2.20. The molecule has 1 atom stereocenters. The summed E-state index contributed by atoms with van der Waals surface area (Å²) in [6, 6.07) is 0.331. The third-order valence-electron chi connectivity index (χ3n) is 3.46. The lowest BCUT2D eigenvalue weighted by molar-refractivity contribution is -0.119. The maximum absolute atomic E-state index is 11.0. The first-order valence-corrected chi connectivity index (χ1v) is 5.80. The van der Waals surface area contributed by atoms with E-state index in [-0.39, 0.29) is 11.4 Å². The Morgan fingerprint density at radius 2 is 2.27 bits per heavy atom. The number of carbonyl (C=O) groups excluding carboxylic acids is 1. The van der Waals surface area contributed by atoms with Gasteiger partial charge < -0.3 is 15.4 Å². The van der Waals surface area contributed by atoms with Crippen molar-refractivity contribution in [3.8, 4) is 0 Å². The molecule has 0 bridgehead atoms. The van der Waals surface area contributed by atoms with E-state index in [1.807, 2.05) is 0 Å². The zero-order chi connectivity index (χ0) is 10.7. The Bertz CT molecular complexity index is 237. The zero-order valence-corrected chi connectivity index (χ0v) is 9.34. The van der Waals surface area contributed by atoms with Crippen LogP contribution < -0.4 is 10.6 Å². The Morgan fingerprint density at radius 1 is 1.53 bits per heavy atom. The van der Waals surface area contributed by atoms with Crippen molar-refractivity contribution in [2.24, 2.45) is 0 Å². The lowest BCUT2D eigenvalue weighted by Gasteiger charge is -2.35. The van der Waals surface area contributed by atoms with Crippen molar-refractivity contribution < 1.29 is 9.53 Å². The van der Waals surface area contributed by atoms with Gasteiger partial charge in [0.1, 0.15) is 0 Å². The molecule has 2 saturated heterocycles. The highest BCUT2D eigenvalue weighted by Crippen LogP contribution is 2.20. The van der Waals surface area contributed by atoms with E-state index in [9.17, 15) is 4.79 Å². The minimum atomic E-state index is 0.193. The van der Waals surface area contributed by atoms with Gasteiger partial charge in [0, 0.05) is 37.8 Å². The highest BCUT2D eigenvalue weighted by molar-refractivity contribution is 5.78. The normalized spacial score (nSPS) is 30.2. The van der Waals surface area contributed by atoms with Crippen LogP contribution in [0.15, 0.2) is 0 Å². The lowest BCUT2D eigenvalue weighted by atomic mass is 9.92. The SMILES string of the molecule is CC1(NCC2CCC(=O)N2)CCOCC1. The number of hydrogen-bond donors (Lipinski definition) is 2. The first kappa shape index (κ1) is 10.9.